The summed E-state index contributed by atoms with van der Waals surface area (Å²) in [5.74, 6) is -0.845. The second-order valence-corrected chi connectivity index (χ2v) is 6.09. The van der Waals surface area contributed by atoms with Gasteiger partial charge in [-0.25, -0.2) is 4.79 Å². The number of anilines is 1. The van der Waals surface area contributed by atoms with E-state index < -0.39 is 5.97 Å². The molecule has 0 saturated heterocycles. The lowest BCUT2D eigenvalue weighted by atomic mass is 10.2. The van der Waals surface area contributed by atoms with E-state index in [4.69, 9.17) is 5.11 Å². The lowest BCUT2D eigenvalue weighted by Crippen LogP contribution is -2.41. The normalized spacial score (nSPS) is 10.5. The highest BCUT2D eigenvalue weighted by Gasteiger charge is 2.17. The number of carboxylic acid groups (broad SMARTS) is 1. The van der Waals surface area contributed by atoms with E-state index in [1.807, 2.05) is 39.0 Å². The summed E-state index contributed by atoms with van der Waals surface area (Å²) in [6, 6.07) is 5.48. The third-order valence-corrected chi connectivity index (χ3v) is 3.61. The average Bonchev–Trinajstić information content (AvgIpc) is 2.38. The minimum atomic E-state index is -0.845. The summed E-state index contributed by atoms with van der Waals surface area (Å²) in [6.45, 7) is 6.16. The van der Waals surface area contributed by atoms with Crippen molar-refractivity contribution < 1.29 is 14.7 Å². The molecule has 0 radical (unpaired) electrons. The van der Waals surface area contributed by atoms with Gasteiger partial charge in [0.05, 0.1) is 0 Å². The molecule has 1 aromatic rings. The van der Waals surface area contributed by atoms with E-state index in [1.54, 1.807) is 4.90 Å². The van der Waals surface area contributed by atoms with Crippen LogP contribution in [0.3, 0.4) is 0 Å². The van der Waals surface area contributed by atoms with Gasteiger partial charge in [-0.05, 0) is 44.9 Å². The number of amides is 2. The molecule has 2 N–H and O–H groups in total. The van der Waals surface area contributed by atoms with E-state index in [9.17, 15) is 9.59 Å². The van der Waals surface area contributed by atoms with Crippen molar-refractivity contribution in [1.29, 1.82) is 0 Å². The summed E-state index contributed by atoms with van der Waals surface area (Å²) in [4.78, 5) is 24.6. The van der Waals surface area contributed by atoms with Crippen molar-refractivity contribution >= 4 is 33.6 Å². The molecule has 116 valence electrons. The number of carbonyl (C=O) groups excluding carboxylic acids is 1. The van der Waals surface area contributed by atoms with Crippen LogP contribution in [-0.4, -0.2) is 34.6 Å². The van der Waals surface area contributed by atoms with Gasteiger partial charge in [0.15, 0.2) is 0 Å². The quantitative estimate of drug-likeness (QED) is 0.812. The van der Waals surface area contributed by atoms with Crippen molar-refractivity contribution in [1.82, 2.24) is 4.90 Å². The van der Waals surface area contributed by atoms with Gasteiger partial charge in [0, 0.05) is 29.2 Å². The first-order valence-corrected chi connectivity index (χ1v) is 7.66. The first-order valence-electron chi connectivity index (χ1n) is 6.87. The largest absolute Gasteiger partial charge is 0.481 e. The number of aliphatic carboxylic acids is 1. The van der Waals surface area contributed by atoms with Crippen LogP contribution in [-0.2, 0) is 4.79 Å². The van der Waals surface area contributed by atoms with Gasteiger partial charge in [-0.15, -0.1) is 0 Å². The molecule has 0 bridgehead atoms. The second-order valence-electron chi connectivity index (χ2n) is 5.17. The monoisotopic (exact) mass is 356 g/mol. The minimum absolute atomic E-state index is 0.00579. The number of nitrogens with zero attached hydrogens (tertiary/aromatic N) is 1. The van der Waals surface area contributed by atoms with Crippen molar-refractivity contribution in [3.63, 3.8) is 0 Å². The van der Waals surface area contributed by atoms with Crippen molar-refractivity contribution in [2.45, 2.75) is 39.7 Å². The molecule has 1 rings (SSSR count). The van der Waals surface area contributed by atoms with Crippen LogP contribution in [0.1, 0.15) is 32.3 Å². The third kappa shape index (κ3) is 5.75. The summed E-state index contributed by atoms with van der Waals surface area (Å²) in [6.07, 6.45) is 0.505. The number of benzene rings is 1. The molecule has 0 fully saturated rings. The number of hydrogen-bond donors (Lipinski definition) is 2. The van der Waals surface area contributed by atoms with Crippen LogP contribution in [0.15, 0.2) is 22.7 Å². The Morgan fingerprint density at radius 1 is 1.38 bits per heavy atom. The lowest BCUT2D eigenvalue weighted by molar-refractivity contribution is -0.137. The molecule has 0 aliphatic rings. The summed E-state index contributed by atoms with van der Waals surface area (Å²) >= 11 is 3.38. The van der Waals surface area contributed by atoms with Crippen molar-refractivity contribution in [2.75, 3.05) is 11.9 Å². The van der Waals surface area contributed by atoms with Crippen LogP contribution < -0.4 is 5.32 Å². The fraction of sp³-hybridized carbons (Fsp3) is 0.467. The molecule has 0 spiro atoms. The highest BCUT2D eigenvalue weighted by molar-refractivity contribution is 9.10. The molecular formula is C15H21BrN2O3. The first-order chi connectivity index (χ1) is 9.81. The van der Waals surface area contributed by atoms with E-state index in [0.29, 0.717) is 13.0 Å². The molecule has 0 heterocycles. The number of aryl methyl sites for hydroxylation is 1. The van der Waals surface area contributed by atoms with E-state index in [1.165, 1.54) is 0 Å². The van der Waals surface area contributed by atoms with Crippen LogP contribution in [0.4, 0.5) is 10.5 Å². The summed E-state index contributed by atoms with van der Waals surface area (Å²) < 4.78 is 0.894. The fourth-order valence-electron chi connectivity index (χ4n) is 1.91. The second kappa shape index (κ2) is 8.02. The van der Waals surface area contributed by atoms with Gasteiger partial charge in [-0.3, -0.25) is 4.79 Å². The highest BCUT2D eigenvalue weighted by atomic mass is 79.9. The Hall–Kier alpha value is -1.56. The Kier molecular flexibility index (Phi) is 6.68. The number of nitrogens with one attached hydrogen (secondary N) is 1. The molecule has 0 unspecified atom stereocenters. The van der Waals surface area contributed by atoms with E-state index in [-0.39, 0.29) is 18.5 Å². The molecule has 0 aliphatic heterocycles. The SMILES string of the molecule is Cc1ccc(Br)cc1NC(=O)N(CCCC(=O)O)C(C)C. The first kappa shape index (κ1) is 17.5. The molecule has 1 aromatic carbocycles. The van der Waals surface area contributed by atoms with Crippen LogP contribution in [0.5, 0.6) is 0 Å². The standard InChI is InChI=1S/C15H21BrN2O3/c1-10(2)18(8-4-5-14(19)20)15(21)17-13-9-12(16)7-6-11(13)3/h6-7,9-10H,4-5,8H2,1-3H3,(H,17,21)(H,19,20). The summed E-state index contributed by atoms with van der Waals surface area (Å²) in [5.41, 5.74) is 1.72. The molecule has 0 aliphatic carbocycles. The minimum Gasteiger partial charge on any atom is -0.481 e. The highest BCUT2D eigenvalue weighted by Crippen LogP contribution is 2.21. The van der Waals surface area contributed by atoms with Gasteiger partial charge < -0.3 is 15.3 Å². The number of rotatable bonds is 6. The molecule has 5 nitrogen and oxygen atoms in total. The predicted molar refractivity (Wildman–Crippen MR) is 86.6 cm³/mol. The zero-order chi connectivity index (χ0) is 16.0. The van der Waals surface area contributed by atoms with E-state index in [2.05, 4.69) is 21.2 Å². The molecule has 2 amide bonds. The van der Waals surface area contributed by atoms with Gasteiger partial charge in [-0.2, -0.15) is 0 Å². The smallest absolute Gasteiger partial charge is 0.322 e. The zero-order valence-electron chi connectivity index (χ0n) is 12.5. The molecule has 21 heavy (non-hydrogen) atoms. The molecular weight excluding hydrogens is 336 g/mol. The summed E-state index contributed by atoms with van der Waals surface area (Å²) in [5, 5.41) is 11.6. The Balaban J connectivity index is 2.72. The number of carboxylic acids is 1. The topological polar surface area (TPSA) is 69.6 Å². The van der Waals surface area contributed by atoms with Crippen LogP contribution in [0.25, 0.3) is 0 Å². The van der Waals surface area contributed by atoms with E-state index in [0.717, 1.165) is 15.7 Å². The van der Waals surface area contributed by atoms with Gasteiger partial charge in [0.2, 0.25) is 0 Å². The number of carbonyl (C=O) groups is 2. The van der Waals surface area contributed by atoms with Gasteiger partial charge >= 0.3 is 12.0 Å². The van der Waals surface area contributed by atoms with Crippen LogP contribution in [0.2, 0.25) is 0 Å². The maximum absolute atomic E-state index is 12.3. The van der Waals surface area contributed by atoms with Crippen molar-refractivity contribution in [2.24, 2.45) is 0 Å². The maximum Gasteiger partial charge on any atom is 0.322 e. The Morgan fingerprint density at radius 2 is 2.05 bits per heavy atom. The van der Waals surface area contributed by atoms with Gasteiger partial charge in [0.1, 0.15) is 0 Å². The number of urea groups is 1. The average molecular weight is 357 g/mol. The predicted octanol–water partition coefficient (Wildman–Crippen LogP) is 3.86. The molecule has 0 atom stereocenters. The zero-order valence-corrected chi connectivity index (χ0v) is 14.1. The van der Waals surface area contributed by atoms with Crippen LogP contribution >= 0.6 is 15.9 Å². The Labute approximate surface area is 133 Å². The molecule has 0 saturated carbocycles. The van der Waals surface area contributed by atoms with Gasteiger partial charge in [-0.1, -0.05) is 22.0 Å². The van der Waals surface area contributed by atoms with E-state index >= 15 is 0 Å². The van der Waals surface area contributed by atoms with Gasteiger partial charge in [0.25, 0.3) is 0 Å². The Morgan fingerprint density at radius 3 is 2.62 bits per heavy atom. The van der Waals surface area contributed by atoms with Crippen molar-refractivity contribution in [3.8, 4) is 0 Å². The number of hydrogen-bond acceptors (Lipinski definition) is 2. The third-order valence-electron chi connectivity index (χ3n) is 3.12. The number of halogens is 1. The fourth-order valence-corrected chi connectivity index (χ4v) is 2.27. The van der Waals surface area contributed by atoms with Crippen molar-refractivity contribution in [3.05, 3.63) is 28.2 Å². The summed E-state index contributed by atoms with van der Waals surface area (Å²) in [7, 11) is 0. The van der Waals surface area contributed by atoms with Crippen LogP contribution in [0, 0.1) is 6.92 Å². The maximum atomic E-state index is 12.3. The Bertz CT molecular complexity index is 518. The lowest BCUT2D eigenvalue weighted by Gasteiger charge is -2.27. The molecule has 0 aromatic heterocycles. The molecule has 6 heteroatoms.